The number of nitrogens with one attached hydrogen (secondary N) is 1. The summed E-state index contributed by atoms with van der Waals surface area (Å²) in [6.45, 7) is 6.24. The Kier molecular flexibility index (Phi) is 7.07. The van der Waals surface area contributed by atoms with E-state index in [1.54, 1.807) is 11.8 Å². The van der Waals surface area contributed by atoms with E-state index in [0.717, 1.165) is 48.8 Å². The summed E-state index contributed by atoms with van der Waals surface area (Å²) in [6.07, 6.45) is 0.678. The van der Waals surface area contributed by atoms with Crippen molar-refractivity contribution in [3.8, 4) is 22.5 Å². The van der Waals surface area contributed by atoms with E-state index < -0.39 is 0 Å². The fraction of sp³-hybridized carbons (Fsp3) is 0.152. The molecule has 0 saturated carbocycles. The van der Waals surface area contributed by atoms with Crippen LogP contribution in [0.2, 0.25) is 0 Å². The lowest BCUT2D eigenvalue weighted by Gasteiger charge is -2.33. The largest absolute Gasteiger partial charge is 0.332 e. The molecule has 0 radical (unpaired) electrons. The Hall–Kier alpha value is -3.74. The number of hydrogen-bond acceptors (Lipinski definition) is 4. The molecule has 0 bridgehead atoms. The molecule has 194 valence electrons. The first-order valence-corrected chi connectivity index (χ1v) is 14.8. The van der Waals surface area contributed by atoms with Gasteiger partial charge in [0.1, 0.15) is 0 Å². The number of amides is 1. The molecule has 4 aromatic carbocycles. The predicted octanol–water partition coefficient (Wildman–Crippen LogP) is 9.06. The number of nitrogens with zero attached hydrogens (tertiary/aromatic N) is 2. The van der Waals surface area contributed by atoms with Gasteiger partial charge in [-0.15, -0.1) is 0 Å². The first-order valence-electron chi connectivity index (χ1n) is 13.1. The number of carbonyl (C=O) groups excluding carboxylic acids is 1. The monoisotopic (exact) mass is 547 g/mol. The zero-order chi connectivity index (χ0) is 26.9. The second-order valence-corrected chi connectivity index (χ2v) is 12.0. The van der Waals surface area contributed by atoms with Crippen LogP contribution in [0.15, 0.2) is 112 Å². The fourth-order valence-electron chi connectivity index (χ4n) is 4.79. The Morgan fingerprint density at radius 3 is 1.92 bits per heavy atom. The van der Waals surface area contributed by atoms with E-state index in [1.807, 2.05) is 41.3 Å². The standard InChI is InChI=1S/C33H29N3OS2/c1-4-27(32(37)36-25-9-5-7-11-28(25)38-29-12-8-6-10-26(29)36)39-33-34-30(23-17-13-21(2)14-18-23)31(35-33)24-19-15-22(3)16-20-24/h5-20,27H,4H2,1-3H3,(H,34,35). The van der Waals surface area contributed by atoms with E-state index in [1.165, 1.54) is 22.9 Å². The number of rotatable bonds is 6. The van der Waals surface area contributed by atoms with Crippen LogP contribution in [0.1, 0.15) is 24.5 Å². The van der Waals surface area contributed by atoms with Crippen molar-refractivity contribution in [3.63, 3.8) is 0 Å². The molecule has 1 aliphatic heterocycles. The van der Waals surface area contributed by atoms with Gasteiger partial charge in [-0.05, 0) is 44.5 Å². The van der Waals surface area contributed by atoms with Crippen molar-refractivity contribution in [2.75, 3.05) is 4.90 Å². The minimum atomic E-state index is -0.308. The minimum absolute atomic E-state index is 0.0628. The number of fused-ring (bicyclic) bond motifs is 2. The van der Waals surface area contributed by atoms with Gasteiger partial charge >= 0.3 is 0 Å². The highest BCUT2D eigenvalue weighted by molar-refractivity contribution is 8.00. The molecule has 6 heteroatoms. The Balaban J connectivity index is 1.37. The maximum absolute atomic E-state index is 14.2. The van der Waals surface area contributed by atoms with Crippen LogP contribution in [0.4, 0.5) is 11.4 Å². The Bertz CT molecular complexity index is 1530. The fourth-order valence-corrected chi connectivity index (χ4v) is 6.79. The molecule has 0 aliphatic carbocycles. The summed E-state index contributed by atoms with van der Waals surface area (Å²) in [4.78, 5) is 26.9. The lowest BCUT2D eigenvalue weighted by Crippen LogP contribution is -2.35. The summed E-state index contributed by atoms with van der Waals surface area (Å²) >= 11 is 3.22. The molecule has 0 fully saturated rings. The summed E-state index contributed by atoms with van der Waals surface area (Å²) in [7, 11) is 0. The van der Waals surface area contributed by atoms with E-state index >= 15 is 0 Å². The van der Waals surface area contributed by atoms with Crippen LogP contribution in [-0.4, -0.2) is 21.1 Å². The van der Waals surface area contributed by atoms with Gasteiger partial charge in [-0.3, -0.25) is 9.69 Å². The molecule has 2 heterocycles. The van der Waals surface area contributed by atoms with Crippen molar-refractivity contribution in [1.82, 2.24) is 9.97 Å². The van der Waals surface area contributed by atoms with Crippen molar-refractivity contribution in [2.45, 2.75) is 47.4 Å². The van der Waals surface area contributed by atoms with Crippen molar-refractivity contribution < 1.29 is 4.79 Å². The van der Waals surface area contributed by atoms with Gasteiger partial charge in [0, 0.05) is 20.9 Å². The van der Waals surface area contributed by atoms with Crippen LogP contribution in [0, 0.1) is 13.8 Å². The molecule has 1 aromatic heterocycles. The normalized spacial score (nSPS) is 13.1. The molecule has 1 unspecified atom stereocenters. The number of thioether (sulfide) groups is 1. The van der Waals surface area contributed by atoms with Crippen molar-refractivity contribution >= 4 is 40.8 Å². The minimum Gasteiger partial charge on any atom is -0.332 e. The quantitative estimate of drug-likeness (QED) is 0.215. The molecule has 1 amide bonds. The highest BCUT2D eigenvalue weighted by Gasteiger charge is 2.33. The topological polar surface area (TPSA) is 49.0 Å². The molecular weight excluding hydrogens is 519 g/mol. The number of H-pyrrole nitrogens is 1. The third-order valence-corrected chi connectivity index (χ3v) is 9.27. The van der Waals surface area contributed by atoms with Crippen LogP contribution in [-0.2, 0) is 4.79 Å². The highest BCUT2D eigenvalue weighted by atomic mass is 32.2. The lowest BCUT2D eigenvalue weighted by molar-refractivity contribution is -0.117. The number of carbonyl (C=O) groups is 1. The van der Waals surface area contributed by atoms with Gasteiger partial charge in [0.2, 0.25) is 5.91 Å². The SMILES string of the molecule is CCC(Sc1nc(-c2ccc(C)cc2)c(-c2ccc(C)cc2)[nH]1)C(=O)N1c2ccccc2Sc2ccccc21. The van der Waals surface area contributed by atoms with Gasteiger partial charge in [-0.2, -0.15) is 0 Å². The van der Waals surface area contributed by atoms with Crippen molar-refractivity contribution in [3.05, 3.63) is 108 Å². The molecule has 1 aliphatic rings. The summed E-state index contributed by atoms with van der Waals surface area (Å²) in [6, 6.07) is 33.2. The van der Waals surface area contributed by atoms with Gasteiger partial charge in [-0.25, -0.2) is 4.98 Å². The van der Waals surface area contributed by atoms with Gasteiger partial charge in [0.25, 0.3) is 0 Å². The summed E-state index contributed by atoms with van der Waals surface area (Å²) in [5.74, 6) is 0.0628. The Labute approximate surface area is 237 Å². The van der Waals surface area contributed by atoms with E-state index in [2.05, 4.69) is 86.4 Å². The van der Waals surface area contributed by atoms with Gasteiger partial charge in [0.05, 0.1) is 28.0 Å². The molecule has 0 saturated heterocycles. The first kappa shape index (κ1) is 25.5. The number of benzene rings is 4. The molecule has 6 rings (SSSR count). The highest BCUT2D eigenvalue weighted by Crippen LogP contribution is 2.49. The summed E-state index contributed by atoms with van der Waals surface area (Å²) in [5.41, 5.74) is 8.28. The van der Waals surface area contributed by atoms with Crippen LogP contribution < -0.4 is 4.90 Å². The predicted molar refractivity (Wildman–Crippen MR) is 163 cm³/mol. The number of aromatic amines is 1. The van der Waals surface area contributed by atoms with E-state index in [-0.39, 0.29) is 11.2 Å². The zero-order valence-electron chi connectivity index (χ0n) is 22.1. The number of imidazole rings is 1. The van der Waals surface area contributed by atoms with Crippen LogP contribution in [0.3, 0.4) is 0 Å². The number of aryl methyl sites for hydroxylation is 2. The van der Waals surface area contributed by atoms with Crippen LogP contribution >= 0.6 is 23.5 Å². The van der Waals surface area contributed by atoms with E-state index in [0.29, 0.717) is 6.42 Å². The molecule has 0 spiro atoms. The number of hydrogen-bond donors (Lipinski definition) is 1. The number of anilines is 2. The lowest BCUT2D eigenvalue weighted by atomic mass is 10.0. The maximum Gasteiger partial charge on any atom is 0.245 e. The smallest absolute Gasteiger partial charge is 0.245 e. The summed E-state index contributed by atoms with van der Waals surface area (Å²) < 4.78 is 0. The second-order valence-electron chi connectivity index (χ2n) is 9.72. The summed E-state index contributed by atoms with van der Waals surface area (Å²) in [5, 5.41) is 0.436. The van der Waals surface area contributed by atoms with Crippen molar-refractivity contribution in [1.29, 1.82) is 0 Å². The number of para-hydroxylation sites is 2. The molecule has 1 atom stereocenters. The molecule has 1 N–H and O–H groups in total. The number of aromatic nitrogens is 2. The second kappa shape index (κ2) is 10.8. The van der Waals surface area contributed by atoms with Crippen LogP contribution in [0.25, 0.3) is 22.5 Å². The average Bonchev–Trinajstić information content (AvgIpc) is 3.39. The van der Waals surface area contributed by atoms with E-state index in [4.69, 9.17) is 4.98 Å². The molecule has 4 nitrogen and oxygen atoms in total. The molecular formula is C33H29N3OS2. The molecule has 5 aromatic rings. The van der Waals surface area contributed by atoms with Gasteiger partial charge in [-0.1, -0.05) is 114 Å². The first-order chi connectivity index (χ1) is 19.0. The van der Waals surface area contributed by atoms with Crippen LogP contribution in [0.5, 0.6) is 0 Å². The maximum atomic E-state index is 14.2. The molecule has 39 heavy (non-hydrogen) atoms. The van der Waals surface area contributed by atoms with Gasteiger partial charge in [0.15, 0.2) is 5.16 Å². The van der Waals surface area contributed by atoms with Crippen molar-refractivity contribution in [2.24, 2.45) is 0 Å². The Morgan fingerprint density at radius 2 is 1.36 bits per heavy atom. The third kappa shape index (κ3) is 5.02. The van der Waals surface area contributed by atoms with Gasteiger partial charge < -0.3 is 4.98 Å². The average molecular weight is 548 g/mol. The zero-order valence-corrected chi connectivity index (χ0v) is 23.8. The Morgan fingerprint density at radius 1 is 0.821 bits per heavy atom. The van der Waals surface area contributed by atoms with E-state index in [9.17, 15) is 4.79 Å². The third-order valence-electron chi connectivity index (χ3n) is 6.90.